The van der Waals surface area contributed by atoms with Gasteiger partial charge in [0.05, 0.1) is 0 Å². The van der Waals surface area contributed by atoms with Crippen LogP contribution < -0.4 is 0 Å². The first kappa shape index (κ1) is 17.0. The summed E-state index contributed by atoms with van der Waals surface area (Å²) in [6, 6.07) is 0. The van der Waals surface area contributed by atoms with Gasteiger partial charge in [-0.1, -0.05) is 81.6 Å². The van der Waals surface area contributed by atoms with Crippen LogP contribution in [-0.4, -0.2) is 0 Å². The predicted octanol–water partition coefficient (Wildman–Crippen LogP) is 6.30. The normalized spacial score (nSPS) is 17.3. The Labute approximate surface area is 111 Å². The van der Waals surface area contributed by atoms with Gasteiger partial charge in [0, 0.05) is 0 Å². The molecule has 0 heteroatoms. The standard InChI is InChI=1S/C17H36/c1-10-14(11-2)13-17(9,15(4,5)6)16(7,8)12-3/h14H,10-13H2,1-9H3. The first-order chi connectivity index (χ1) is 7.55. The summed E-state index contributed by atoms with van der Waals surface area (Å²) in [6.07, 6.45) is 5.27. The van der Waals surface area contributed by atoms with E-state index in [1.165, 1.54) is 25.7 Å². The fourth-order valence-corrected chi connectivity index (χ4v) is 3.14. The number of hydrogen-bond acceptors (Lipinski definition) is 0. The molecule has 0 radical (unpaired) electrons. The molecule has 0 rings (SSSR count). The van der Waals surface area contributed by atoms with E-state index in [0.717, 1.165) is 5.92 Å². The Hall–Kier alpha value is 0. The van der Waals surface area contributed by atoms with Crippen LogP contribution in [0.1, 0.15) is 88.0 Å². The van der Waals surface area contributed by atoms with Gasteiger partial charge in [0.25, 0.3) is 0 Å². The summed E-state index contributed by atoms with van der Waals surface area (Å²) in [5.41, 5.74) is 1.19. The van der Waals surface area contributed by atoms with Crippen LogP contribution in [0.2, 0.25) is 0 Å². The summed E-state index contributed by atoms with van der Waals surface area (Å²) in [5, 5.41) is 0. The van der Waals surface area contributed by atoms with Crippen molar-refractivity contribution >= 4 is 0 Å². The molecule has 0 saturated heterocycles. The molecule has 0 heterocycles. The molecule has 1 atom stereocenters. The van der Waals surface area contributed by atoms with Gasteiger partial charge >= 0.3 is 0 Å². The predicted molar refractivity (Wildman–Crippen MR) is 80.3 cm³/mol. The van der Waals surface area contributed by atoms with Gasteiger partial charge < -0.3 is 0 Å². The average Bonchev–Trinajstić information content (AvgIpc) is 2.23. The summed E-state index contributed by atoms with van der Waals surface area (Å²) >= 11 is 0. The lowest BCUT2D eigenvalue weighted by Gasteiger charge is -2.54. The molecule has 0 aromatic carbocycles. The lowest BCUT2D eigenvalue weighted by Crippen LogP contribution is -2.46. The summed E-state index contributed by atoms with van der Waals surface area (Å²) < 4.78 is 0. The van der Waals surface area contributed by atoms with E-state index in [4.69, 9.17) is 0 Å². The van der Waals surface area contributed by atoms with Gasteiger partial charge in [-0.25, -0.2) is 0 Å². The molecule has 0 amide bonds. The van der Waals surface area contributed by atoms with E-state index < -0.39 is 0 Å². The van der Waals surface area contributed by atoms with Gasteiger partial charge in [-0.2, -0.15) is 0 Å². The maximum absolute atomic E-state index is 2.52. The highest BCUT2D eigenvalue weighted by Crippen LogP contribution is 2.57. The molecule has 0 nitrogen and oxygen atoms in total. The smallest absolute Gasteiger partial charge is 0.0223 e. The fraction of sp³-hybridized carbons (Fsp3) is 1.00. The second-order valence-corrected chi connectivity index (χ2v) is 7.71. The maximum Gasteiger partial charge on any atom is -0.0223 e. The van der Waals surface area contributed by atoms with Crippen molar-refractivity contribution in [1.29, 1.82) is 0 Å². The molecule has 0 aromatic rings. The molecule has 0 aliphatic carbocycles. The second-order valence-electron chi connectivity index (χ2n) is 7.71. The highest BCUT2D eigenvalue weighted by Gasteiger charge is 2.48. The zero-order valence-electron chi connectivity index (χ0n) is 13.9. The van der Waals surface area contributed by atoms with Crippen molar-refractivity contribution in [2.75, 3.05) is 0 Å². The van der Waals surface area contributed by atoms with Gasteiger partial charge in [0.1, 0.15) is 0 Å². The maximum atomic E-state index is 2.52. The van der Waals surface area contributed by atoms with E-state index in [9.17, 15) is 0 Å². The van der Waals surface area contributed by atoms with E-state index >= 15 is 0 Å². The highest BCUT2D eigenvalue weighted by atomic mass is 14.5. The summed E-state index contributed by atoms with van der Waals surface area (Å²) in [6.45, 7) is 21.7. The van der Waals surface area contributed by atoms with Gasteiger partial charge in [-0.15, -0.1) is 0 Å². The minimum Gasteiger partial charge on any atom is -0.0651 e. The van der Waals surface area contributed by atoms with Crippen molar-refractivity contribution in [3.05, 3.63) is 0 Å². The van der Waals surface area contributed by atoms with Crippen molar-refractivity contribution < 1.29 is 0 Å². The van der Waals surface area contributed by atoms with Crippen LogP contribution in [-0.2, 0) is 0 Å². The molecule has 0 aliphatic rings. The van der Waals surface area contributed by atoms with Gasteiger partial charge in [-0.05, 0) is 28.6 Å². The van der Waals surface area contributed by atoms with Gasteiger partial charge in [0.15, 0.2) is 0 Å². The molecule has 0 saturated carbocycles. The molecule has 104 valence electrons. The molecule has 0 spiro atoms. The van der Waals surface area contributed by atoms with E-state index in [1.807, 2.05) is 0 Å². The Balaban J connectivity index is 5.27. The zero-order valence-corrected chi connectivity index (χ0v) is 13.9. The zero-order chi connectivity index (χ0) is 13.9. The molecule has 17 heavy (non-hydrogen) atoms. The lowest BCUT2D eigenvalue weighted by molar-refractivity contribution is -0.0499. The first-order valence-corrected chi connectivity index (χ1v) is 7.55. The summed E-state index contributed by atoms with van der Waals surface area (Å²) in [4.78, 5) is 0. The van der Waals surface area contributed by atoms with Crippen LogP contribution in [0.4, 0.5) is 0 Å². The largest absolute Gasteiger partial charge is 0.0651 e. The third-order valence-corrected chi connectivity index (χ3v) is 5.88. The average molecular weight is 240 g/mol. The monoisotopic (exact) mass is 240 g/mol. The van der Waals surface area contributed by atoms with E-state index in [1.54, 1.807) is 0 Å². The third kappa shape index (κ3) is 3.48. The fourth-order valence-electron chi connectivity index (χ4n) is 3.14. The Kier molecular flexibility index (Phi) is 5.76. The molecule has 0 bridgehead atoms. The third-order valence-electron chi connectivity index (χ3n) is 5.88. The van der Waals surface area contributed by atoms with Crippen LogP contribution in [0.5, 0.6) is 0 Å². The lowest BCUT2D eigenvalue weighted by atomic mass is 9.51. The van der Waals surface area contributed by atoms with Crippen LogP contribution in [0.3, 0.4) is 0 Å². The van der Waals surface area contributed by atoms with Crippen molar-refractivity contribution in [2.45, 2.75) is 88.0 Å². The van der Waals surface area contributed by atoms with Crippen LogP contribution in [0.15, 0.2) is 0 Å². The summed E-state index contributed by atoms with van der Waals surface area (Å²) in [7, 11) is 0. The number of rotatable bonds is 6. The first-order valence-electron chi connectivity index (χ1n) is 7.55. The van der Waals surface area contributed by atoms with Crippen LogP contribution in [0.25, 0.3) is 0 Å². The van der Waals surface area contributed by atoms with Crippen molar-refractivity contribution in [1.82, 2.24) is 0 Å². The Morgan fingerprint density at radius 2 is 1.18 bits per heavy atom. The Morgan fingerprint density at radius 3 is 1.41 bits per heavy atom. The molecule has 1 unspecified atom stereocenters. The Bertz CT molecular complexity index is 215. The van der Waals surface area contributed by atoms with Crippen molar-refractivity contribution in [3.8, 4) is 0 Å². The molecular weight excluding hydrogens is 204 g/mol. The molecule has 0 fully saturated rings. The molecule has 0 N–H and O–H groups in total. The van der Waals surface area contributed by atoms with Crippen LogP contribution >= 0.6 is 0 Å². The second kappa shape index (κ2) is 5.76. The van der Waals surface area contributed by atoms with Crippen molar-refractivity contribution in [3.63, 3.8) is 0 Å². The van der Waals surface area contributed by atoms with Crippen LogP contribution in [0, 0.1) is 22.2 Å². The summed E-state index contributed by atoms with van der Waals surface area (Å²) in [5.74, 6) is 0.880. The topological polar surface area (TPSA) is 0 Å². The Morgan fingerprint density at radius 1 is 0.765 bits per heavy atom. The van der Waals surface area contributed by atoms with E-state index in [0.29, 0.717) is 16.2 Å². The molecule has 0 aromatic heterocycles. The molecular formula is C17H36. The van der Waals surface area contributed by atoms with E-state index in [2.05, 4.69) is 62.3 Å². The minimum atomic E-state index is 0.370. The minimum absolute atomic E-state index is 0.370. The van der Waals surface area contributed by atoms with Gasteiger partial charge in [-0.3, -0.25) is 0 Å². The van der Waals surface area contributed by atoms with Crippen molar-refractivity contribution in [2.24, 2.45) is 22.2 Å². The number of hydrogen-bond donors (Lipinski definition) is 0. The van der Waals surface area contributed by atoms with E-state index in [-0.39, 0.29) is 0 Å². The quantitative estimate of drug-likeness (QED) is 0.511. The molecule has 0 aliphatic heterocycles. The highest BCUT2D eigenvalue weighted by molar-refractivity contribution is 4.97. The SMILES string of the molecule is CCC(CC)CC(C)(C(C)(C)C)C(C)(C)CC. The van der Waals surface area contributed by atoms with Gasteiger partial charge in [0.2, 0.25) is 0 Å².